The van der Waals surface area contributed by atoms with E-state index in [0.29, 0.717) is 12.8 Å². The quantitative estimate of drug-likeness (QED) is 0.763. The zero-order chi connectivity index (χ0) is 10.0. The first-order valence-electron chi connectivity index (χ1n) is 3.39. The van der Waals surface area contributed by atoms with Crippen molar-refractivity contribution in [3.63, 3.8) is 0 Å². The van der Waals surface area contributed by atoms with Gasteiger partial charge in [0.15, 0.2) is 0 Å². The predicted molar refractivity (Wildman–Crippen MR) is 62.5 cm³/mol. The number of halogens is 4. The molecule has 0 amide bonds. The molecule has 0 saturated carbocycles. The molecule has 0 aliphatic carbocycles. The maximum Gasteiger partial charge on any atom is 0.266 e. The molecule has 1 rings (SSSR count). The summed E-state index contributed by atoms with van der Waals surface area (Å²) in [5.41, 5.74) is 5.92. The normalized spacial score (nSPS) is 10.9. The van der Waals surface area contributed by atoms with Crippen LogP contribution in [-0.4, -0.2) is 4.98 Å². The topological polar surface area (TPSA) is 38.9 Å². The van der Waals surface area contributed by atoms with E-state index in [1.54, 1.807) is 0 Å². The minimum Gasteiger partial charge on any atom is -0.325 e. The summed E-state index contributed by atoms with van der Waals surface area (Å²) < 4.78 is 26.0. The highest BCUT2D eigenvalue weighted by Gasteiger charge is 2.18. The van der Waals surface area contributed by atoms with E-state index in [-0.39, 0.29) is 12.1 Å². The van der Waals surface area contributed by atoms with Crippen LogP contribution in [0.3, 0.4) is 0 Å². The molecule has 1 aromatic rings. The highest BCUT2D eigenvalue weighted by molar-refractivity contribution is 14.1. The van der Waals surface area contributed by atoms with Crippen molar-refractivity contribution in [2.24, 2.45) is 5.73 Å². The van der Waals surface area contributed by atoms with Crippen LogP contribution in [0.4, 0.5) is 8.78 Å². The van der Waals surface area contributed by atoms with Crippen LogP contribution in [0.25, 0.3) is 0 Å². The van der Waals surface area contributed by atoms with Crippen molar-refractivity contribution in [2.75, 3.05) is 0 Å². The average molecular weight is 410 g/mol. The first-order valence-corrected chi connectivity index (χ1v) is 5.54. The van der Waals surface area contributed by atoms with Gasteiger partial charge in [-0.15, -0.1) is 0 Å². The molecule has 2 N–H and O–H groups in total. The van der Waals surface area contributed by atoms with E-state index in [4.69, 9.17) is 5.73 Å². The Morgan fingerprint density at radius 1 is 1.46 bits per heavy atom. The average Bonchev–Trinajstić information content (AvgIpc) is 2.04. The van der Waals surface area contributed by atoms with E-state index < -0.39 is 6.43 Å². The SMILES string of the molecule is NCc1ncc(I)c(C(F)F)c1I. The van der Waals surface area contributed by atoms with Gasteiger partial charge in [-0.05, 0) is 45.2 Å². The molecule has 1 aromatic heterocycles. The van der Waals surface area contributed by atoms with E-state index in [9.17, 15) is 8.78 Å². The molecule has 0 spiro atoms. The van der Waals surface area contributed by atoms with Gasteiger partial charge < -0.3 is 5.73 Å². The van der Waals surface area contributed by atoms with Crippen molar-refractivity contribution in [3.8, 4) is 0 Å². The molecule has 2 nitrogen and oxygen atoms in total. The van der Waals surface area contributed by atoms with Gasteiger partial charge in [0.05, 0.1) is 5.69 Å². The fourth-order valence-electron chi connectivity index (χ4n) is 0.863. The van der Waals surface area contributed by atoms with Crippen molar-refractivity contribution >= 4 is 45.2 Å². The Balaban J connectivity index is 3.30. The smallest absolute Gasteiger partial charge is 0.266 e. The van der Waals surface area contributed by atoms with E-state index in [0.717, 1.165) is 0 Å². The highest BCUT2D eigenvalue weighted by Crippen LogP contribution is 2.29. The predicted octanol–water partition coefficient (Wildman–Crippen LogP) is 2.69. The molecule has 0 aliphatic rings. The molecule has 13 heavy (non-hydrogen) atoms. The van der Waals surface area contributed by atoms with Crippen molar-refractivity contribution in [2.45, 2.75) is 13.0 Å². The molecule has 72 valence electrons. The van der Waals surface area contributed by atoms with Crippen LogP contribution in [-0.2, 0) is 6.54 Å². The minimum atomic E-state index is -2.47. The van der Waals surface area contributed by atoms with E-state index in [2.05, 4.69) is 4.98 Å². The third-order valence-corrected chi connectivity index (χ3v) is 3.56. The Labute approximate surface area is 102 Å². The summed E-state index contributed by atoms with van der Waals surface area (Å²) in [6, 6.07) is 0. The lowest BCUT2D eigenvalue weighted by molar-refractivity contribution is 0.149. The Kier molecular flexibility index (Phi) is 4.23. The van der Waals surface area contributed by atoms with Crippen LogP contribution in [0.2, 0.25) is 0 Å². The van der Waals surface area contributed by atoms with Crippen molar-refractivity contribution in [1.29, 1.82) is 0 Å². The molecule has 0 atom stereocenters. The molecular weight excluding hydrogens is 404 g/mol. The Morgan fingerprint density at radius 3 is 2.54 bits per heavy atom. The molecule has 0 bridgehead atoms. The fraction of sp³-hybridized carbons (Fsp3) is 0.286. The standard InChI is InChI=1S/C7H6F2I2N2/c8-7(9)5-3(10)2-13-4(1-12)6(5)11/h2,7H,1,12H2. The van der Waals surface area contributed by atoms with Crippen LogP contribution >= 0.6 is 45.2 Å². The van der Waals surface area contributed by atoms with Crippen LogP contribution in [0.5, 0.6) is 0 Å². The number of nitrogens with two attached hydrogens (primary N) is 1. The largest absolute Gasteiger partial charge is 0.325 e. The summed E-state index contributed by atoms with van der Waals surface area (Å²) in [6.45, 7) is 0.189. The lowest BCUT2D eigenvalue weighted by Gasteiger charge is -2.08. The summed E-state index contributed by atoms with van der Waals surface area (Å²) in [4.78, 5) is 3.97. The number of pyridine rings is 1. The van der Waals surface area contributed by atoms with E-state index >= 15 is 0 Å². The Morgan fingerprint density at radius 2 is 2.08 bits per heavy atom. The van der Waals surface area contributed by atoms with Gasteiger partial charge >= 0.3 is 0 Å². The summed E-state index contributed by atoms with van der Waals surface area (Å²) in [5.74, 6) is 0. The molecule has 1 heterocycles. The van der Waals surface area contributed by atoms with Crippen LogP contribution in [0, 0.1) is 7.14 Å². The second-order valence-corrected chi connectivity index (χ2v) is 4.53. The number of rotatable bonds is 2. The first kappa shape index (κ1) is 11.5. The Hall–Kier alpha value is 0.430. The Bertz CT molecular complexity index is 318. The lowest BCUT2D eigenvalue weighted by atomic mass is 10.2. The molecule has 0 unspecified atom stereocenters. The maximum absolute atomic E-state index is 12.5. The van der Waals surface area contributed by atoms with Gasteiger partial charge in [-0.1, -0.05) is 0 Å². The van der Waals surface area contributed by atoms with Crippen LogP contribution in [0.15, 0.2) is 6.20 Å². The zero-order valence-electron chi connectivity index (χ0n) is 6.40. The molecule has 0 fully saturated rings. The van der Waals surface area contributed by atoms with Gasteiger partial charge in [-0.25, -0.2) is 8.78 Å². The molecular formula is C7H6F2I2N2. The van der Waals surface area contributed by atoms with Gasteiger partial charge in [-0.3, -0.25) is 4.98 Å². The van der Waals surface area contributed by atoms with Crippen LogP contribution < -0.4 is 5.73 Å². The maximum atomic E-state index is 12.5. The number of aromatic nitrogens is 1. The summed E-state index contributed by atoms with van der Waals surface area (Å²) >= 11 is 3.70. The molecule has 0 saturated heterocycles. The monoisotopic (exact) mass is 410 g/mol. The number of hydrogen-bond acceptors (Lipinski definition) is 2. The van der Waals surface area contributed by atoms with Gasteiger partial charge in [-0.2, -0.15) is 0 Å². The number of hydrogen-bond donors (Lipinski definition) is 1. The third-order valence-electron chi connectivity index (χ3n) is 1.49. The zero-order valence-corrected chi connectivity index (χ0v) is 10.7. The fourth-order valence-corrected chi connectivity index (χ4v) is 2.91. The summed E-state index contributed by atoms with van der Waals surface area (Å²) in [7, 11) is 0. The van der Waals surface area contributed by atoms with E-state index in [1.807, 2.05) is 45.2 Å². The third kappa shape index (κ3) is 2.46. The van der Waals surface area contributed by atoms with Crippen molar-refractivity contribution < 1.29 is 8.78 Å². The molecule has 0 aliphatic heterocycles. The number of alkyl halides is 2. The second kappa shape index (κ2) is 4.78. The van der Waals surface area contributed by atoms with Gasteiger partial charge in [0.2, 0.25) is 0 Å². The van der Waals surface area contributed by atoms with E-state index in [1.165, 1.54) is 6.20 Å². The first-order chi connectivity index (χ1) is 6.07. The molecule has 0 radical (unpaired) electrons. The summed E-state index contributed by atoms with van der Waals surface area (Å²) in [5, 5.41) is 0. The van der Waals surface area contributed by atoms with Crippen molar-refractivity contribution in [3.05, 3.63) is 24.6 Å². The van der Waals surface area contributed by atoms with Gasteiger partial charge in [0.1, 0.15) is 0 Å². The summed E-state index contributed by atoms with van der Waals surface area (Å²) in [6.07, 6.45) is -1.04. The lowest BCUT2D eigenvalue weighted by Crippen LogP contribution is -2.07. The van der Waals surface area contributed by atoms with Gasteiger partial charge in [0, 0.05) is 25.4 Å². The minimum absolute atomic E-state index is 0.0386. The van der Waals surface area contributed by atoms with Crippen LogP contribution in [0.1, 0.15) is 17.7 Å². The number of nitrogens with zero attached hydrogens (tertiary/aromatic N) is 1. The highest BCUT2D eigenvalue weighted by atomic mass is 127. The van der Waals surface area contributed by atoms with Crippen molar-refractivity contribution in [1.82, 2.24) is 4.98 Å². The molecule has 0 aromatic carbocycles. The van der Waals surface area contributed by atoms with Gasteiger partial charge in [0.25, 0.3) is 6.43 Å². The molecule has 6 heteroatoms. The second-order valence-electron chi connectivity index (χ2n) is 2.29.